The van der Waals surface area contributed by atoms with Crippen molar-refractivity contribution < 1.29 is 14.3 Å². The molecule has 1 aromatic carbocycles. The van der Waals surface area contributed by atoms with Gasteiger partial charge in [-0.15, -0.1) is 0 Å². The predicted octanol–water partition coefficient (Wildman–Crippen LogP) is 4.29. The van der Waals surface area contributed by atoms with Crippen LogP contribution in [0.4, 0.5) is 4.79 Å². The minimum Gasteiger partial charge on any atom is -0.489 e. The molecule has 1 aromatic heterocycles. The van der Waals surface area contributed by atoms with E-state index in [1.807, 2.05) is 45.9 Å². The third-order valence-electron chi connectivity index (χ3n) is 2.94. The Labute approximate surface area is 144 Å². The van der Waals surface area contributed by atoms with Crippen molar-refractivity contribution in [2.45, 2.75) is 39.3 Å². The van der Waals surface area contributed by atoms with Crippen LogP contribution in [0.2, 0.25) is 0 Å². The zero-order valence-corrected chi connectivity index (χ0v) is 15.3. The van der Waals surface area contributed by atoms with Crippen molar-refractivity contribution in [1.82, 2.24) is 10.3 Å². The van der Waals surface area contributed by atoms with Gasteiger partial charge in [-0.3, -0.25) is 4.98 Å². The molecule has 0 radical (unpaired) electrons. The van der Waals surface area contributed by atoms with Crippen LogP contribution in [0.25, 0.3) is 10.8 Å². The molecule has 6 heteroatoms. The Morgan fingerprint density at radius 1 is 1.35 bits per heavy atom. The molecule has 0 fully saturated rings. The Hall–Kier alpha value is -1.82. The molecular weight excluding hydrogens is 360 g/mol. The molecule has 1 heterocycles. The second-order valence-electron chi connectivity index (χ2n) is 6.36. The van der Waals surface area contributed by atoms with Crippen LogP contribution in [0.1, 0.15) is 27.7 Å². The van der Waals surface area contributed by atoms with E-state index in [2.05, 4.69) is 26.2 Å². The lowest BCUT2D eigenvalue weighted by Gasteiger charge is -2.22. The van der Waals surface area contributed by atoms with Crippen LogP contribution in [-0.2, 0) is 4.74 Å². The molecule has 2 aromatic rings. The van der Waals surface area contributed by atoms with E-state index < -0.39 is 11.7 Å². The summed E-state index contributed by atoms with van der Waals surface area (Å²) in [5, 5.41) is 4.72. The van der Waals surface area contributed by atoms with E-state index in [4.69, 9.17) is 9.47 Å². The van der Waals surface area contributed by atoms with Crippen LogP contribution in [0, 0.1) is 0 Å². The molecular formula is C17H21BrN2O3. The molecule has 1 amide bonds. The zero-order chi connectivity index (χ0) is 17.0. The fraction of sp³-hybridized carbons (Fsp3) is 0.412. The fourth-order valence-electron chi connectivity index (χ4n) is 1.99. The van der Waals surface area contributed by atoms with E-state index in [9.17, 15) is 4.79 Å². The van der Waals surface area contributed by atoms with Crippen LogP contribution < -0.4 is 10.1 Å². The number of nitrogens with zero attached hydrogens (tertiary/aromatic N) is 1. The number of carbonyl (C=O) groups excluding carboxylic acids is 1. The summed E-state index contributed by atoms with van der Waals surface area (Å²) in [6, 6.07) is 5.73. The zero-order valence-electron chi connectivity index (χ0n) is 13.7. The third kappa shape index (κ3) is 5.39. The molecule has 0 bridgehead atoms. The maximum atomic E-state index is 11.7. The number of hydrogen-bond donors (Lipinski definition) is 1. The molecule has 0 saturated carbocycles. The minimum absolute atomic E-state index is 0.188. The van der Waals surface area contributed by atoms with Gasteiger partial charge in [-0.1, -0.05) is 22.0 Å². The van der Waals surface area contributed by atoms with Gasteiger partial charge in [-0.25, -0.2) is 4.79 Å². The number of ether oxygens (including phenoxy) is 2. The molecule has 124 valence electrons. The molecule has 2 rings (SSSR count). The normalized spacial score (nSPS) is 12.7. The SMILES string of the molecule is C[C@H](COc1cncc2ccc(Br)cc12)NC(=O)OC(C)(C)C. The molecule has 0 aliphatic rings. The van der Waals surface area contributed by atoms with E-state index >= 15 is 0 Å². The number of aromatic nitrogens is 1. The van der Waals surface area contributed by atoms with Crippen molar-refractivity contribution in [3.05, 3.63) is 35.1 Å². The number of hydrogen-bond acceptors (Lipinski definition) is 4. The maximum absolute atomic E-state index is 11.7. The summed E-state index contributed by atoms with van der Waals surface area (Å²) in [7, 11) is 0. The summed E-state index contributed by atoms with van der Waals surface area (Å²) < 4.78 is 12.0. The number of amides is 1. The Kier molecular flexibility index (Phi) is 5.46. The van der Waals surface area contributed by atoms with Gasteiger partial charge in [0, 0.05) is 21.4 Å². The maximum Gasteiger partial charge on any atom is 0.407 e. The quantitative estimate of drug-likeness (QED) is 0.859. The summed E-state index contributed by atoms with van der Waals surface area (Å²) in [6.07, 6.45) is 3.01. The first-order valence-electron chi connectivity index (χ1n) is 7.40. The lowest BCUT2D eigenvalue weighted by atomic mass is 10.2. The monoisotopic (exact) mass is 380 g/mol. The lowest BCUT2D eigenvalue weighted by molar-refractivity contribution is 0.0494. The lowest BCUT2D eigenvalue weighted by Crippen LogP contribution is -2.40. The van der Waals surface area contributed by atoms with E-state index in [1.54, 1.807) is 12.4 Å². The van der Waals surface area contributed by atoms with Crippen molar-refractivity contribution in [1.29, 1.82) is 0 Å². The smallest absolute Gasteiger partial charge is 0.407 e. The highest BCUT2D eigenvalue weighted by Crippen LogP contribution is 2.27. The molecule has 0 aliphatic heterocycles. The molecule has 0 saturated heterocycles. The number of benzene rings is 1. The standard InChI is InChI=1S/C17H21BrN2O3/c1-11(20-16(21)23-17(2,3)4)10-22-15-9-19-8-12-5-6-13(18)7-14(12)15/h5-9,11H,10H2,1-4H3,(H,20,21)/t11-/m1/s1. The van der Waals surface area contributed by atoms with Crippen LogP contribution in [0.3, 0.4) is 0 Å². The summed E-state index contributed by atoms with van der Waals surface area (Å²) >= 11 is 3.46. The van der Waals surface area contributed by atoms with Crippen molar-refractivity contribution in [2.75, 3.05) is 6.61 Å². The number of pyridine rings is 1. The number of carbonyl (C=O) groups is 1. The van der Waals surface area contributed by atoms with Gasteiger partial charge in [0.1, 0.15) is 18.0 Å². The van der Waals surface area contributed by atoms with Crippen LogP contribution in [0.15, 0.2) is 35.1 Å². The van der Waals surface area contributed by atoms with Gasteiger partial charge >= 0.3 is 6.09 Å². The molecule has 1 N–H and O–H groups in total. The number of nitrogens with one attached hydrogen (secondary N) is 1. The molecule has 23 heavy (non-hydrogen) atoms. The molecule has 0 unspecified atom stereocenters. The predicted molar refractivity (Wildman–Crippen MR) is 93.8 cm³/mol. The summed E-state index contributed by atoms with van der Waals surface area (Å²) in [6.45, 7) is 7.67. The van der Waals surface area contributed by atoms with Gasteiger partial charge < -0.3 is 14.8 Å². The van der Waals surface area contributed by atoms with Gasteiger partial charge in [0.2, 0.25) is 0 Å². The van der Waals surface area contributed by atoms with Gasteiger partial charge in [0.15, 0.2) is 0 Å². The van der Waals surface area contributed by atoms with Gasteiger partial charge in [-0.2, -0.15) is 0 Å². The van der Waals surface area contributed by atoms with Crippen molar-refractivity contribution in [2.24, 2.45) is 0 Å². The van der Waals surface area contributed by atoms with Crippen LogP contribution in [0.5, 0.6) is 5.75 Å². The first-order chi connectivity index (χ1) is 10.7. The molecule has 0 spiro atoms. The Morgan fingerprint density at radius 2 is 2.09 bits per heavy atom. The number of fused-ring (bicyclic) bond motifs is 1. The van der Waals surface area contributed by atoms with Crippen LogP contribution in [-0.4, -0.2) is 29.3 Å². The van der Waals surface area contributed by atoms with Gasteiger partial charge in [-0.05, 0) is 39.8 Å². The van der Waals surface area contributed by atoms with Crippen molar-refractivity contribution in [3.63, 3.8) is 0 Å². The first kappa shape index (κ1) is 17.5. The van der Waals surface area contributed by atoms with Gasteiger partial charge in [0.05, 0.1) is 12.2 Å². The summed E-state index contributed by atoms with van der Waals surface area (Å²) in [4.78, 5) is 15.9. The highest BCUT2D eigenvalue weighted by atomic mass is 79.9. The molecule has 5 nitrogen and oxygen atoms in total. The van der Waals surface area contributed by atoms with E-state index in [0.717, 1.165) is 15.2 Å². The van der Waals surface area contributed by atoms with E-state index in [1.165, 1.54) is 0 Å². The fourth-order valence-corrected chi connectivity index (χ4v) is 2.35. The van der Waals surface area contributed by atoms with E-state index in [-0.39, 0.29) is 6.04 Å². The van der Waals surface area contributed by atoms with Crippen molar-refractivity contribution >= 4 is 32.8 Å². The second-order valence-corrected chi connectivity index (χ2v) is 7.28. The number of rotatable bonds is 4. The summed E-state index contributed by atoms with van der Waals surface area (Å²) in [5.41, 5.74) is -0.517. The largest absolute Gasteiger partial charge is 0.489 e. The summed E-state index contributed by atoms with van der Waals surface area (Å²) in [5.74, 6) is 0.682. The Morgan fingerprint density at radius 3 is 2.78 bits per heavy atom. The topological polar surface area (TPSA) is 60.5 Å². The van der Waals surface area contributed by atoms with Crippen molar-refractivity contribution in [3.8, 4) is 5.75 Å². The highest BCUT2D eigenvalue weighted by molar-refractivity contribution is 9.10. The number of alkyl carbamates (subject to hydrolysis) is 1. The molecule has 1 atom stereocenters. The van der Waals surface area contributed by atoms with Gasteiger partial charge in [0.25, 0.3) is 0 Å². The third-order valence-corrected chi connectivity index (χ3v) is 3.43. The highest BCUT2D eigenvalue weighted by Gasteiger charge is 2.18. The Bertz CT molecular complexity index is 698. The average molecular weight is 381 g/mol. The minimum atomic E-state index is -0.517. The second kappa shape index (κ2) is 7.17. The first-order valence-corrected chi connectivity index (χ1v) is 8.19. The van der Waals surface area contributed by atoms with Crippen LogP contribution >= 0.6 is 15.9 Å². The van der Waals surface area contributed by atoms with E-state index in [0.29, 0.717) is 12.4 Å². The number of halogens is 1. The Balaban J connectivity index is 1.98. The average Bonchev–Trinajstić information content (AvgIpc) is 2.42. The molecule has 0 aliphatic carbocycles.